The molecule has 0 N–H and O–H groups in total. The first-order valence-electron chi connectivity index (χ1n) is 9.05. The van der Waals surface area contributed by atoms with Gasteiger partial charge in [-0.25, -0.2) is 9.59 Å². The van der Waals surface area contributed by atoms with E-state index in [0.29, 0.717) is 30.2 Å². The Morgan fingerprint density at radius 1 is 0.893 bits per heavy atom. The Kier molecular flexibility index (Phi) is 12.4. The second-order valence-corrected chi connectivity index (χ2v) is 11.5. The van der Waals surface area contributed by atoms with Crippen molar-refractivity contribution in [3.8, 4) is 0 Å². The van der Waals surface area contributed by atoms with E-state index in [4.69, 9.17) is 17.9 Å². The maximum Gasteiger partial charge on any atom is 0.340 e. The predicted octanol–water partition coefficient (Wildman–Crippen LogP) is 1.78. The van der Waals surface area contributed by atoms with Crippen molar-refractivity contribution in [2.45, 2.75) is 24.9 Å². The molecular weight excluding hydrogens is 415 g/mol. The Bertz CT molecular complexity index is 646. The first-order valence-corrected chi connectivity index (χ1v) is 13.7. The number of ether oxygens (including phenoxy) is 2. The van der Waals surface area contributed by atoms with Crippen molar-refractivity contribution in [1.82, 2.24) is 0 Å². The minimum Gasteiger partial charge on any atom is -0.463 e. The van der Waals surface area contributed by atoms with Crippen molar-refractivity contribution >= 4 is 44.4 Å². The van der Waals surface area contributed by atoms with Gasteiger partial charge in [-0.2, -0.15) is 0 Å². The van der Waals surface area contributed by atoms with Gasteiger partial charge in [0.25, 0.3) is 0 Å². The number of hydrogen-bond acceptors (Lipinski definition) is 7. The van der Waals surface area contributed by atoms with Crippen molar-refractivity contribution in [1.29, 1.82) is 0 Å². The minimum atomic E-state index is -3.34. The van der Waals surface area contributed by atoms with Gasteiger partial charge < -0.3 is 17.9 Å². The van der Waals surface area contributed by atoms with Gasteiger partial charge in [0.05, 0.1) is 18.5 Å². The normalized spacial score (nSPS) is 13.4. The van der Waals surface area contributed by atoms with E-state index in [2.05, 4.69) is 13.2 Å². The van der Waals surface area contributed by atoms with E-state index in [1.807, 2.05) is 6.07 Å². The van der Waals surface area contributed by atoms with Crippen molar-refractivity contribution in [3.63, 3.8) is 0 Å². The monoisotopic (exact) mass is 442 g/mol. The molecule has 0 bridgehead atoms. The SMILES string of the molecule is C=CC(=O)OCCC[SiH2]OP(=O)(O[SiH2]CCCOC(=O)C=C)c1ccccc1. The van der Waals surface area contributed by atoms with Gasteiger partial charge >= 0.3 is 19.5 Å². The molecule has 0 aliphatic carbocycles. The molecule has 1 rings (SSSR count). The zero-order valence-electron chi connectivity index (χ0n) is 15.9. The summed E-state index contributed by atoms with van der Waals surface area (Å²) in [4.78, 5) is 22.0. The quantitative estimate of drug-likeness (QED) is 0.134. The van der Waals surface area contributed by atoms with Crippen LogP contribution < -0.4 is 5.30 Å². The minimum absolute atomic E-state index is 0.288. The van der Waals surface area contributed by atoms with Crippen LogP contribution in [0.15, 0.2) is 55.6 Å². The molecule has 1 aromatic rings. The Morgan fingerprint density at radius 2 is 1.36 bits per heavy atom. The van der Waals surface area contributed by atoms with Gasteiger partial charge in [-0.3, -0.25) is 4.57 Å². The van der Waals surface area contributed by atoms with E-state index in [1.54, 1.807) is 24.3 Å². The first kappa shape index (κ1) is 24.3. The zero-order valence-corrected chi connectivity index (χ0v) is 19.6. The molecule has 0 aliphatic rings. The molecule has 0 aliphatic heterocycles. The number of hydrogen-bond donors (Lipinski definition) is 0. The molecule has 7 nitrogen and oxygen atoms in total. The average molecular weight is 443 g/mol. The first-order chi connectivity index (χ1) is 13.5. The molecule has 0 unspecified atom stereocenters. The van der Waals surface area contributed by atoms with Crippen LogP contribution in [-0.4, -0.2) is 44.7 Å². The third-order valence-corrected chi connectivity index (χ3v) is 10.2. The molecule has 0 radical (unpaired) electrons. The van der Waals surface area contributed by atoms with E-state index >= 15 is 0 Å². The van der Waals surface area contributed by atoms with Gasteiger partial charge in [0, 0.05) is 12.2 Å². The Balaban J connectivity index is 2.42. The lowest BCUT2D eigenvalue weighted by Gasteiger charge is -2.19. The molecular formula is C18H27O7PSi2. The maximum atomic E-state index is 13.2. The van der Waals surface area contributed by atoms with Crippen LogP contribution in [0.1, 0.15) is 12.8 Å². The third kappa shape index (κ3) is 9.96. The predicted molar refractivity (Wildman–Crippen MR) is 114 cm³/mol. The van der Waals surface area contributed by atoms with Gasteiger partial charge in [-0.15, -0.1) is 0 Å². The molecule has 0 heterocycles. The van der Waals surface area contributed by atoms with Crippen molar-refractivity contribution in [2.24, 2.45) is 0 Å². The Labute approximate surface area is 170 Å². The van der Waals surface area contributed by atoms with Crippen LogP contribution in [0.25, 0.3) is 0 Å². The van der Waals surface area contributed by atoms with E-state index in [-0.39, 0.29) is 13.2 Å². The highest BCUT2D eigenvalue weighted by atomic mass is 31.2. The van der Waals surface area contributed by atoms with Gasteiger partial charge in [-0.05, 0) is 37.1 Å². The smallest absolute Gasteiger partial charge is 0.340 e. The highest BCUT2D eigenvalue weighted by molar-refractivity contribution is 7.64. The lowest BCUT2D eigenvalue weighted by molar-refractivity contribution is -0.138. The number of rotatable bonds is 15. The van der Waals surface area contributed by atoms with Crippen LogP contribution in [0.5, 0.6) is 0 Å². The number of esters is 2. The number of carbonyl (C=O) groups is 2. The highest BCUT2D eigenvalue weighted by Crippen LogP contribution is 2.46. The maximum absolute atomic E-state index is 13.2. The summed E-state index contributed by atoms with van der Waals surface area (Å²) in [6.07, 6.45) is 3.53. The van der Waals surface area contributed by atoms with E-state index < -0.39 is 39.1 Å². The molecule has 0 atom stereocenters. The van der Waals surface area contributed by atoms with E-state index in [9.17, 15) is 14.2 Å². The largest absolute Gasteiger partial charge is 0.463 e. The summed E-state index contributed by atoms with van der Waals surface area (Å²) in [5.41, 5.74) is 0. The second kappa shape index (κ2) is 14.3. The van der Waals surface area contributed by atoms with E-state index in [0.717, 1.165) is 12.2 Å². The summed E-state index contributed by atoms with van der Waals surface area (Å²) in [6.45, 7) is 7.24. The van der Waals surface area contributed by atoms with Crippen LogP contribution in [0, 0.1) is 0 Å². The molecule has 0 amide bonds. The van der Waals surface area contributed by atoms with Crippen LogP contribution >= 0.6 is 7.60 Å². The summed E-state index contributed by atoms with van der Waals surface area (Å²) >= 11 is 0. The highest BCUT2D eigenvalue weighted by Gasteiger charge is 2.26. The fourth-order valence-electron chi connectivity index (χ4n) is 2.04. The standard InChI is InChI=1S/C18H27O7PSi2/c1-3-17(19)22-12-8-14-27-24-26(21,16-10-6-5-7-11-16)25-28-15-9-13-23-18(20)4-2/h3-7,10-11H,1-2,8-9,12-15,27-28H2. The molecule has 0 saturated heterocycles. The summed E-state index contributed by atoms with van der Waals surface area (Å²) in [7, 11) is -5.56. The van der Waals surface area contributed by atoms with E-state index in [1.165, 1.54) is 0 Å². The number of carbonyl (C=O) groups excluding carboxylic acids is 2. The van der Waals surface area contributed by atoms with Crippen molar-refractivity contribution in [3.05, 3.63) is 55.6 Å². The second-order valence-electron chi connectivity index (χ2n) is 5.66. The molecule has 10 heteroatoms. The van der Waals surface area contributed by atoms with Gasteiger partial charge in [0.2, 0.25) is 0 Å². The summed E-state index contributed by atoms with van der Waals surface area (Å²) < 4.78 is 34.6. The molecule has 1 aromatic carbocycles. The Morgan fingerprint density at radius 3 is 1.79 bits per heavy atom. The summed E-state index contributed by atoms with van der Waals surface area (Å²) in [6, 6.07) is 10.3. The Hall–Kier alpha value is -1.78. The van der Waals surface area contributed by atoms with Gasteiger partial charge in [0.15, 0.2) is 19.5 Å². The zero-order chi connectivity index (χ0) is 20.7. The summed E-state index contributed by atoms with van der Waals surface area (Å²) in [5, 5.41) is 0.547. The number of benzene rings is 1. The molecule has 0 saturated carbocycles. The van der Waals surface area contributed by atoms with Crippen molar-refractivity contribution in [2.75, 3.05) is 13.2 Å². The van der Waals surface area contributed by atoms with Crippen molar-refractivity contribution < 1.29 is 32.1 Å². The fourth-order valence-corrected chi connectivity index (χ4v) is 8.51. The lowest BCUT2D eigenvalue weighted by Crippen LogP contribution is -2.14. The van der Waals surface area contributed by atoms with Gasteiger partial charge in [0.1, 0.15) is 0 Å². The average Bonchev–Trinajstić information content (AvgIpc) is 2.73. The fraction of sp³-hybridized carbons (Fsp3) is 0.333. The molecule has 154 valence electrons. The van der Waals surface area contributed by atoms with Crippen LogP contribution in [0.2, 0.25) is 12.1 Å². The molecule has 0 aromatic heterocycles. The van der Waals surface area contributed by atoms with Crippen LogP contribution in [-0.2, 0) is 32.1 Å². The summed E-state index contributed by atoms with van der Waals surface area (Å²) in [5.74, 6) is -0.906. The molecule has 0 fully saturated rings. The van der Waals surface area contributed by atoms with Crippen LogP contribution in [0.3, 0.4) is 0 Å². The molecule has 0 spiro atoms. The lowest BCUT2D eigenvalue weighted by atomic mass is 10.4. The third-order valence-electron chi connectivity index (χ3n) is 3.49. The van der Waals surface area contributed by atoms with Gasteiger partial charge in [-0.1, -0.05) is 31.4 Å². The molecule has 28 heavy (non-hydrogen) atoms. The van der Waals surface area contributed by atoms with Crippen LogP contribution in [0.4, 0.5) is 0 Å². The topological polar surface area (TPSA) is 88.1 Å².